The average molecular weight is 489 g/mol. The van der Waals surface area contributed by atoms with Gasteiger partial charge in [0.2, 0.25) is 0 Å². The summed E-state index contributed by atoms with van der Waals surface area (Å²) in [5.74, 6) is -0.447. The van der Waals surface area contributed by atoms with Crippen molar-refractivity contribution in [3.05, 3.63) is 87.9 Å². The molecule has 0 aliphatic heterocycles. The van der Waals surface area contributed by atoms with Gasteiger partial charge in [-0.2, -0.15) is 13.2 Å². The van der Waals surface area contributed by atoms with Gasteiger partial charge in [-0.05, 0) is 60.7 Å². The average Bonchev–Trinajstić information content (AvgIpc) is 2.69. The molecule has 0 unspecified atom stereocenters. The fourth-order valence-electron chi connectivity index (χ4n) is 2.57. The Balaban J connectivity index is 1.76. The van der Waals surface area contributed by atoms with E-state index in [9.17, 15) is 26.4 Å². The molecule has 0 aromatic heterocycles. The Hall–Kier alpha value is -2.75. The van der Waals surface area contributed by atoms with Crippen LogP contribution in [-0.2, 0) is 16.2 Å². The SMILES string of the molecule is O=C(Nc1ccc(S(=O)(=O)Nc2ccc(Cl)c(C(F)(F)F)c2)cc1)c1cccc(Cl)c1. The first kappa shape index (κ1) is 22.9. The number of benzene rings is 3. The van der Waals surface area contributed by atoms with Gasteiger partial charge in [0, 0.05) is 22.0 Å². The number of carbonyl (C=O) groups excluding carboxylic acids is 1. The summed E-state index contributed by atoms with van der Waals surface area (Å²) in [4.78, 5) is 12.0. The maximum atomic E-state index is 13.0. The molecule has 3 aromatic rings. The fraction of sp³-hybridized carbons (Fsp3) is 0.0500. The second-order valence-corrected chi connectivity index (χ2v) is 8.81. The third-order valence-electron chi connectivity index (χ3n) is 4.03. The quantitative estimate of drug-likeness (QED) is 0.457. The van der Waals surface area contributed by atoms with Crippen molar-refractivity contribution >= 4 is 50.5 Å². The molecule has 11 heteroatoms. The molecule has 5 nitrogen and oxygen atoms in total. The topological polar surface area (TPSA) is 75.3 Å². The van der Waals surface area contributed by atoms with Crippen molar-refractivity contribution in [2.75, 3.05) is 10.0 Å². The monoisotopic (exact) mass is 488 g/mol. The summed E-state index contributed by atoms with van der Waals surface area (Å²) in [7, 11) is -4.18. The van der Waals surface area contributed by atoms with Crippen LogP contribution in [0.5, 0.6) is 0 Å². The predicted molar refractivity (Wildman–Crippen MR) is 113 cm³/mol. The van der Waals surface area contributed by atoms with Gasteiger partial charge in [0.25, 0.3) is 15.9 Å². The Labute approximate surface area is 185 Å². The molecule has 0 aliphatic rings. The van der Waals surface area contributed by atoms with Crippen molar-refractivity contribution in [2.24, 2.45) is 0 Å². The molecule has 0 saturated carbocycles. The molecule has 3 aromatic carbocycles. The van der Waals surface area contributed by atoms with Gasteiger partial charge in [-0.15, -0.1) is 0 Å². The molecule has 0 saturated heterocycles. The van der Waals surface area contributed by atoms with E-state index in [0.29, 0.717) is 22.3 Å². The van der Waals surface area contributed by atoms with E-state index < -0.39 is 32.7 Å². The number of rotatable bonds is 5. The Morgan fingerprint density at radius 2 is 1.52 bits per heavy atom. The molecule has 0 radical (unpaired) electrons. The summed E-state index contributed by atoms with van der Waals surface area (Å²) in [6.07, 6.45) is -4.73. The Morgan fingerprint density at radius 1 is 0.871 bits per heavy atom. The Bertz CT molecular complexity index is 1230. The number of halogens is 5. The molecule has 0 aliphatic carbocycles. The molecule has 0 atom stereocenters. The minimum Gasteiger partial charge on any atom is -0.322 e. The largest absolute Gasteiger partial charge is 0.417 e. The van der Waals surface area contributed by atoms with Gasteiger partial charge in [0.1, 0.15) is 0 Å². The van der Waals surface area contributed by atoms with Crippen molar-refractivity contribution in [1.82, 2.24) is 0 Å². The lowest BCUT2D eigenvalue weighted by Crippen LogP contribution is -2.15. The van der Waals surface area contributed by atoms with Crippen LogP contribution in [0.3, 0.4) is 0 Å². The number of alkyl halides is 3. The maximum Gasteiger partial charge on any atom is 0.417 e. The molecule has 31 heavy (non-hydrogen) atoms. The number of anilines is 2. The summed E-state index contributed by atoms with van der Waals surface area (Å²) in [6.45, 7) is 0. The molecule has 2 N–H and O–H groups in total. The van der Waals surface area contributed by atoms with Crippen LogP contribution in [-0.4, -0.2) is 14.3 Å². The molecule has 162 valence electrons. The summed E-state index contributed by atoms with van der Waals surface area (Å²) < 4.78 is 66.0. The highest BCUT2D eigenvalue weighted by atomic mass is 35.5. The highest BCUT2D eigenvalue weighted by molar-refractivity contribution is 7.92. The Kier molecular flexibility index (Phi) is 6.49. The number of hydrogen-bond acceptors (Lipinski definition) is 3. The third-order valence-corrected chi connectivity index (χ3v) is 6.00. The van der Waals surface area contributed by atoms with E-state index in [1.807, 2.05) is 0 Å². The van der Waals surface area contributed by atoms with Crippen LogP contribution >= 0.6 is 23.2 Å². The summed E-state index contributed by atoms with van der Waals surface area (Å²) >= 11 is 11.4. The molecule has 0 fully saturated rings. The van der Waals surface area contributed by atoms with E-state index in [2.05, 4.69) is 10.0 Å². The second-order valence-electron chi connectivity index (χ2n) is 6.29. The van der Waals surface area contributed by atoms with Crippen LogP contribution in [0.2, 0.25) is 10.0 Å². The zero-order valence-electron chi connectivity index (χ0n) is 15.4. The van der Waals surface area contributed by atoms with E-state index >= 15 is 0 Å². The fourth-order valence-corrected chi connectivity index (χ4v) is 4.03. The lowest BCUT2D eigenvalue weighted by atomic mass is 10.2. The zero-order chi connectivity index (χ0) is 22.8. The summed E-state index contributed by atoms with van der Waals surface area (Å²) in [6, 6.07) is 14.0. The first-order chi connectivity index (χ1) is 14.5. The predicted octanol–water partition coefficient (Wildman–Crippen LogP) is 6.07. The third kappa shape index (κ3) is 5.69. The van der Waals surface area contributed by atoms with Gasteiger partial charge in [-0.25, -0.2) is 8.42 Å². The highest BCUT2D eigenvalue weighted by Crippen LogP contribution is 2.36. The number of carbonyl (C=O) groups is 1. The molecule has 3 rings (SSSR count). The van der Waals surface area contributed by atoms with Crippen LogP contribution < -0.4 is 10.0 Å². The molecular weight excluding hydrogens is 476 g/mol. The van der Waals surface area contributed by atoms with Crippen molar-refractivity contribution < 1.29 is 26.4 Å². The minimum absolute atomic E-state index is 0.211. The van der Waals surface area contributed by atoms with Crippen molar-refractivity contribution in [1.29, 1.82) is 0 Å². The zero-order valence-corrected chi connectivity index (χ0v) is 17.7. The number of hydrogen-bond donors (Lipinski definition) is 2. The Morgan fingerprint density at radius 3 is 2.13 bits per heavy atom. The van der Waals surface area contributed by atoms with Gasteiger partial charge in [0.15, 0.2) is 0 Å². The van der Waals surface area contributed by atoms with Crippen LogP contribution in [0.25, 0.3) is 0 Å². The molecular formula is C20H13Cl2F3N2O3S. The standard InChI is InChI=1S/C20H13Cl2F3N2O3S/c21-13-3-1-2-12(10-13)19(28)26-14-4-7-16(8-5-14)31(29,30)27-15-6-9-18(22)17(11-15)20(23,24)25/h1-11,27H,(H,26,28). The van der Waals surface area contributed by atoms with Crippen LogP contribution in [0.15, 0.2) is 71.6 Å². The van der Waals surface area contributed by atoms with Crippen LogP contribution in [0.4, 0.5) is 24.5 Å². The first-order valence-electron chi connectivity index (χ1n) is 8.52. The van der Waals surface area contributed by atoms with Crippen LogP contribution in [0.1, 0.15) is 15.9 Å². The van der Waals surface area contributed by atoms with Gasteiger partial charge >= 0.3 is 6.18 Å². The molecule has 1 amide bonds. The van der Waals surface area contributed by atoms with Crippen LogP contribution in [0, 0.1) is 0 Å². The van der Waals surface area contributed by atoms with Gasteiger partial charge in [-0.3, -0.25) is 9.52 Å². The van der Waals surface area contributed by atoms with E-state index in [1.54, 1.807) is 18.2 Å². The smallest absolute Gasteiger partial charge is 0.322 e. The maximum absolute atomic E-state index is 13.0. The summed E-state index contributed by atoms with van der Waals surface area (Å²) in [5.41, 5.74) is -0.827. The minimum atomic E-state index is -4.73. The number of amides is 1. The first-order valence-corrected chi connectivity index (χ1v) is 10.8. The van der Waals surface area contributed by atoms with Gasteiger partial charge < -0.3 is 5.32 Å². The van der Waals surface area contributed by atoms with Crippen molar-refractivity contribution in [3.63, 3.8) is 0 Å². The highest BCUT2D eigenvalue weighted by Gasteiger charge is 2.33. The van der Waals surface area contributed by atoms with E-state index in [4.69, 9.17) is 23.2 Å². The van der Waals surface area contributed by atoms with Gasteiger partial charge in [0.05, 0.1) is 15.5 Å². The normalized spacial score (nSPS) is 11.8. The van der Waals surface area contributed by atoms with E-state index in [-0.39, 0.29) is 10.6 Å². The molecule has 0 spiro atoms. The lowest BCUT2D eigenvalue weighted by molar-refractivity contribution is -0.137. The van der Waals surface area contributed by atoms with E-state index in [0.717, 1.165) is 12.1 Å². The second kappa shape index (κ2) is 8.78. The lowest BCUT2D eigenvalue weighted by Gasteiger charge is -2.13. The number of nitrogens with one attached hydrogen (secondary N) is 2. The summed E-state index contributed by atoms with van der Waals surface area (Å²) in [5, 5.41) is 2.43. The van der Waals surface area contributed by atoms with Gasteiger partial charge in [-0.1, -0.05) is 29.3 Å². The van der Waals surface area contributed by atoms with Crippen molar-refractivity contribution in [2.45, 2.75) is 11.1 Å². The molecule has 0 heterocycles. The number of sulfonamides is 1. The molecule has 0 bridgehead atoms. The van der Waals surface area contributed by atoms with E-state index in [1.165, 1.54) is 30.3 Å². The van der Waals surface area contributed by atoms with Crippen molar-refractivity contribution in [3.8, 4) is 0 Å².